The van der Waals surface area contributed by atoms with Gasteiger partial charge in [0.1, 0.15) is 11.6 Å². The van der Waals surface area contributed by atoms with E-state index in [4.69, 9.17) is 5.11 Å². The van der Waals surface area contributed by atoms with E-state index < -0.39 is 17.6 Å². The molecule has 80 valence electrons. The highest BCUT2D eigenvalue weighted by molar-refractivity contribution is 9.10. The van der Waals surface area contributed by atoms with Crippen LogP contribution in [0.1, 0.15) is 12.5 Å². The second-order valence-electron chi connectivity index (χ2n) is 2.92. The Morgan fingerprint density at radius 2 is 1.87 bits per heavy atom. The van der Waals surface area contributed by atoms with Gasteiger partial charge in [-0.15, -0.1) is 0 Å². The minimum atomic E-state index is -1.21. The van der Waals surface area contributed by atoms with E-state index in [0.29, 0.717) is 0 Å². The van der Waals surface area contributed by atoms with Crippen LogP contribution >= 0.6 is 15.9 Å². The summed E-state index contributed by atoms with van der Waals surface area (Å²) in [7, 11) is 0. The first-order chi connectivity index (χ1) is 6.91. The average Bonchev–Trinajstić information content (AvgIpc) is 2.10. The van der Waals surface area contributed by atoms with Crippen LogP contribution in [0.25, 0.3) is 6.08 Å². The topological polar surface area (TPSA) is 37.3 Å². The molecule has 0 aliphatic heterocycles. The first-order valence-electron chi connectivity index (χ1n) is 3.98. The summed E-state index contributed by atoms with van der Waals surface area (Å²) < 4.78 is 26.7. The molecule has 0 atom stereocenters. The fraction of sp³-hybridized carbons (Fsp3) is 0.100. The number of aliphatic carboxylic acids is 1. The maximum atomic E-state index is 13.2. The first-order valence-corrected chi connectivity index (χ1v) is 4.77. The number of halogens is 3. The predicted octanol–water partition coefficient (Wildman–Crippen LogP) is 3.22. The van der Waals surface area contributed by atoms with Gasteiger partial charge < -0.3 is 5.11 Å². The fourth-order valence-corrected chi connectivity index (χ4v) is 1.37. The first kappa shape index (κ1) is 11.8. The average molecular weight is 277 g/mol. The lowest BCUT2D eigenvalue weighted by Gasteiger charge is -2.01. The number of carboxylic acids is 1. The lowest BCUT2D eigenvalue weighted by molar-refractivity contribution is -0.132. The Morgan fingerprint density at radius 3 is 2.27 bits per heavy atom. The molecule has 0 saturated carbocycles. The monoisotopic (exact) mass is 276 g/mol. The molecule has 0 radical (unpaired) electrons. The smallest absolute Gasteiger partial charge is 0.331 e. The van der Waals surface area contributed by atoms with Crippen LogP contribution < -0.4 is 0 Å². The molecule has 2 nitrogen and oxygen atoms in total. The quantitative estimate of drug-likeness (QED) is 0.843. The van der Waals surface area contributed by atoms with Crippen molar-refractivity contribution in [3.8, 4) is 0 Å². The van der Waals surface area contributed by atoms with Gasteiger partial charge in [-0.25, -0.2) is 13.6 Å². The van der Waals surface area contributed by atoms with Gasteiger partial charge in [0.15, 0.2) is 0 Å². The largest absolute Gasteiger partial charge is 0.478 e. The van der Waals surface area contributed by atoms with Gasteiger partial charge in [-0.1, -0.05) is 15.9 Å². The van der Waals surface area contributed by atoms with Crippen LogP contribution in [-0.4, -0.2) is 11.1 Å². The van der Waals surface area contributed by atoms with Gasteiger partial charge in [-0.3, -0.25) is 0 Å². The zero-order valence-corrected chi connectivity index (χ0v) is 9.31. The summed E-state index contributed by atoms with van der Waals surface area (Å²) in [6, 6.07) is 2.15. The zero-order valence-electron chi connectivity index (χ0n) is 7.72. The maximum absolute atomic E-state index is 13.2. The van der Waals surface area contributed by atoms with Gasteiger partial charge in [0.05, 0.1) is 0 Å². The molecular formula is C10H7BrF2O2. The van der Waals surface area contributed by atoms with Crippen molar-refractivity contribution in [1.82, 2.24) is 0 Å². The molecule has 0 aliphatic rings. The van der Waals surface area contributed by atoms with Crippen LogP contribution in [0.5, 0.6) is 0 Å². The van der Waals surface area contributed by atoms with Gasteiger partial charge in [-0.2, -0.15) is 0 Å². The van der Waals surface area contributed by atoms with Crippen molar-refractivity contribution < 1.29 is 18.7 Å². The minimum Gasteiger partial charge on any atom is -0.478 e. The maximum Gasteiger partial charge on any atom is 0.331 e. The molecule has 0 fully saturated rings. The molecule has 15 heavy (non-hydrogen) atoms. The van der Waals surface area contributed by atoms with E-state index in [-0.39, 0.29) is 15.6 Å². The predicted molar refractivity (Wildman–Crippen MR) is 55.3 cm³/mol. The van der Waals surface area contributed by atoms with Gasteiger partial charge in [-0.05, 0) is 25.1 Å². The Balaban J connectivity index is 3.27. The van der Waals surface area contributed by atoms with E-state index in [9.17, 15) is 13.6 Å². The summed E-state index contributed by atoms with van der Waals surface area (Å²) >= 11 is 2.93. The molecule has 0 saturated heterocycles. The van der Waals surface area contributed by atoms with Crippen molar-refractivity contribution in [2.75, 3.05) is 0 Å². The van der Waals surface area contributed by atoms with E-state index in [1.54, 1.807) is 0 Å². The molecule has 0 amide bonds. The van der Waals surface area contributed by atoms with Gasteiger partial charge in [0.25, 0.3) is 0 Å². The molecule has 0 spiro atoms. The van der Waals surface area contributed by atoms with Crippen molar-refractivity contribution in [1.29, 1.82) is 0 Å². The summed E-state index contributed by atoms with van der Waals surface area (Å²) in [5.41, 5.74) is -0.478. The van der Waals surface area contributed by atoms with E-state index in [1.807, 2.05) is 0 Å². The summed E-state index contributed by atoms with van der Waals surface area (Å²) in [5, 5.41) is 8.56. The van der Waals surface area contributed by atoms with Crippen molar-refractivity contribution in [2.24, 2.45) is 0 Å². The summed E-state index contributed by atoms with van der Waals surface area (Å²) in [6.45, 7) is 1.27. The van der Waals surface area contributed by atoms with Gasteiger partial charge >= 0.3 is 5.97 Å². The number of benzene rings is 1. The van der Waals surface area contributed by atoms with Crippen molar-refractivity contribution in [2.45, 2.75) is 6.92 Å². The molecule has 0 bridgehead atoms. The third-order valence-corrected chi connectivity index (χ3v) is 2.20. The lowest BCUT2D eigenvalue weighted by Crippen LogP contribution is -1.97. The number of rotatable bonds is 2. The van der Waals surface area contributed by atoms with Crippen LogP contribution in [0, 0.1) is 11.6 Å². The Labute approximate surface area is 93.4 Å². The molecule has 1 rings (SSSR count). The highest BCUT2D eigenvalue weighted by Gasteiger charge is 2.10. The fourth-order valence-electron chi connectivity index (χ4n) is 0.970. The van der Waals surface area contributed by atoms with Crippen molar-refractivity contribution in [3.63, 3.8) is 0 Å². The Morgan fingerprint density at radius 1 is 1.40 bits per heavy atom. The molecule has 1 aromatic carbocycles. The second kappa shape index (κ2) is 4.53. The minimum absolute atomic E-state index is 0.130. The highest BCUT2D eigenvalue weighted by atomic mass is 79.9. The standard InChI is InChI=1S/C10H7BrF2O2/c1-5(10(14)15)2-7-8(12)3-6(11)4-9(7)13/h2-4H,1H3,(H,14,15)/b5-2-. The molecular weight excluding hydrogens is 270 g/mol. The van der Waals surface area contributed by atoms with E-state index >= 15 is 0 Å². The van der Waals surface area contributed by atoms with Crippen molar-refractivity contribution >= 4 is 28.0 Å². The molecule has 0 heterocycles. The summed E-state index contributed by atoms with van der Waals surface area (Å²) in [4.78, 5) is 10.5. The summed E-state index contributed by atoms with van der Waals surface area (Å²) in [6.07, 6.45) is 0.958. The number of hydrogen-bond donors (Lipinski definition) is 1. The number of hydrogen-bond acceptors (Lipinski definition) is 1. The Bertz CT molecular complexity index is 418. The molecule has 5 heteroatoms. The SMILES string of the molecule is C/C(=C/c1c(F)cc(Br)cc1F)C(=O)O. The van der Waals surface area contributed by atoms with Crippen LogP contribution in [-0.2, 0) is 4.79 Å². The molecule has 0 unspecified atom stereocenters. The van der Waals surface area contributed by atoms with Gasteiger partial charge in [0, 0.05) is 15.6 Å². The lowest BCUT2D eigenvalue weighted by atomic mass is 10.1. The zero-order chi connectivity index (χ0) is 11.6. The van der Waals surface area contributed by atoms with Crippen molar-refractivity contribution in [3.05, 3.63) is 39.4 Å². The second-order valence-corrected chi connectivity index (χ2v) is 3.83. The Hall–Kier alpha value is -1.23. The molecule has 0 aliphatic carbocycles. The molecule has 1 aromatic rings. The van der Waals surface area contributed by atoms with E-state index in [1.165, 1.54) is 6.92 Å². The van der Waals surface area contributed by atoms with Crippen LogP contribution in [0.4, 0.5) is 8.78 Å². The van der Waals surface area contributed by atoms with Crippen LogP contribution in [0.3, 0.4) is 0 Å². The van der Waals surface area contributed by atoms with E-state index in [0.717, 1.165) is 18.2 Å². The third kappa shape index (κ3) is 2.86. The van der Waals surface area contributed by atoms with Crippen LogP contribution in [0.2, 0.25) is 0 Å². The number of carboxylic acid groups (broad SMARTS) is 1. The molecule has 0 aromatic heterocycles. The molecule has 1 N–H and O–H groups in total. The summed E-state index contributed by atoms with van der Waals surface area (Å²) in [5.74, 6) is -2.82. The normalized spacial score (nSPS) is 11.6. The van der Waals surface area contributed by atoms with Gasteiger partial charge in [0.2, 0.25) is 0 Å². The van der Waals surface area contributed by atoms with E-state index in [2.05, 4.69) is 15.9 Å². The number of carbonyl (C=O) groups is 1. The third-order valence-electron chi connectivity index (χ3n) is 1.74. The Kier molecular flexibility index (Phi) is 3.57. The van der Waals surface area contributed by atoms with Crippen LogP contribution in [0.15, 0.2) is 22.2 Å². The highest BCUT2D eigenvalue weighted by Crippen LogP contribution is 2.21.